The van der Waals surface area contributed by atoms with Gasteiger partial charge in [0.2, 0.25) is 0 Å². The number of halogens is 1. The average molecular weight is 360 g/mol. The van der Waals surface area contributed by atoms with Crippen molar-refractivity contribution in [2.45, 2.75) is 33.6 Å². The third-order valence-electron chi connectivity index (χ3n) is 3.83. The smallest absolute Gasteiger partial charge is 0.267 e. The van der Waals surface area contributed by atoms with Crippen LogP contribution in [0.3, 0.4) is 0 Å². The van der Waals surface area contributed by atoms with Crippen molar-refractivity contribution < 1.29 is 0 Å². The zero-order valence-electron chi connectivity index (χ0n) is 14.0. The molecular weight excluding hydrogens is 342 g/mol. The molecule has 0 amide bonds. The van der Waals surface area contributed by atoms with Gasteiger partial charge < -0.3 is 0 Å². The van der Waals surface area contributed by atoms with Crippen molar-refractivity contribution in [3.8, 4) is 22.4 Å². The molecule has 6 heteroatoms. The molecule has 0 aliphatic rings. The van der Waals surface area contributed by atoms with E-state index in [1.54, 1.807) is 11.3 Å². The Morgan fingerprint density at radius 1 is 1.12 bits per heavy atom. The lowest BCUT2D eigenvalue weighted by atomic mass is 9.92. The summed E-state index contributed by atoms with van der Waals surface area (Å²) < 4.78 is 0. The molecule has 0 aliphatic heterocycles. The normalized spacial score (nSPS) is 11.2. The molecule has 0 atom stereocenters. The number of benzene rings is 1. The summed E-state index contributed by atoms with van der Waals surface area (Å²) in [6.07, 6.45) is 0. The Morgan fingerprint density at radius 3 is 2.33 bits per heavy atom. The fraction of sp³-hybridized carbons (Fsp3) is 0.278. The van der Waals surface area contributed by atoms with E-state index in [4.69, 9.17) is 11.6 Å². The maximum atomic E-state index is 12.6. The number of hydrogen-bond acceptors (Lipinski definition) is 4. The fourth-order valence-electron chi connectivity index (χ4n) is 2.78. The summed E-state index contributed by atoms with van der Waals surface area (Å²) in [6.45, 7) is 8.05. The summed E-state index contributed by atoms with van der Waals surface area (Å²) in [4.78, 5) is 18.3. The highest BCUT2D eigenvalue weighted by Gasteiger charge is 2.22. The molecule has 124 valence electrons. The van der Waals surface area contributed by atoms with Crippen LogP contribution in [-0.2, 0) is 0 Å². The first-order valence-electron chi connectivity index (χ1n) is 7.71. The minimum atomic E-state index is -0.224. The van der Waals surface area contributed by atoms with Gasteiger partial charge in [-0.15, -0.1) is 11.3 Å². The Labute approximate surface area is 149 Å². The third-order valence-corrected chi connectivity index (χ3v) is 4.97. The molecule has 2 aromatic heterocycles. The van der Waals surface area contributed by atoms with E-state index in [-0.39, 0.29) is 11.5 Å². The van der Waals surface area contributed by atoms with Gasteiger partial charge in [0.1, 0.15) is 0 Å². The van der Waals surface area contributed by atoms with Crippen LogP contribution in [0.5, 0.6) is 0 Å². The van der Waals surface area contributed by atoms with Gasteiger partial charge in [-0.1, -0.05) is 37.6 Å². The van der Waals surface area contributed by atoms with E-state index < -0.39 is 0 Å². The number of rotatable bonds is 3. The van der Waals surface area contributed by atoms with E-state index >= 15 is 0 Å². The standard InChI is InChI=1S/C18H18ClN3OS/c1-9(2)16-14(12-5-7-13(19)8-6-12)15(18(23)22-21-16)17-10(3)24-11(4)20-17/h5-9H,1-4H3,(H,22,23). The minimum absolute atomic E-state index is 0.159. The fourth-order valence-corrected chi connectivity index (χ4v) is 3.73. The summed E-state index contributed by atoms with van der Waals surface area (Å²) in [7, 11) is 0. The number of aromatic amines is 1. The second-order valence-electron chi connectivity index (χ2n) is 5.99. The van der Waals surface area contributed by atoms with Crippen LogP contribution in [0.25, 0.3) is 22.4 Å². The quantitative estimate of drug-likeness (QED) is 0.719. The molecule has 0 unspecified atom stereocenters. The monoisotopic (exact) mass is 359 g/mol. The molecule has 0 bridgehead atoms. The summed E-state index contributed by atoms with van der Waals surface area (Å²) >= 11 is 7.61. The predicted octanol–water partition coefficient (Wildman–Crippen LogP) is 4.95. The van der Waals surface area contributed by atoms with Crippen LogP contribution in [0.1, 0.15) is 35.3 Å². The summed E-state index contributed by atoms with van der Waals surface area (Å²) in [5.41, 5.74) is 3.68. The van der Waals surface area contributed by atoms with Crippen LogP contribution < -0.4 is 5.56 Å². The molecule has 1 N–H and O–H groups in total. The highest BCUT2D eigenvalue weighted by Crippen LogP contribution is 2.36. The first-order valence-corrected chi connectivity index (χ1v) is 8.90. The van der Waals surface area contributed by atoms with Gasteiger partial charge in [0.25, 0.3) is 5.56 Å². The number of nitrogens with zero attached hydrogens (tertiary/aromatic N) is 2. The van der Waals surface area contributed by atoms with Crippen molar-refractivity contribution in [3.05, 3.63) is 55.2 Å². The van der Waals surface area contributed by atoms with Crippen LogP contribution in [0.4, 0.5) is 0 Å². The number of H-pyrrole nitrogens is 1. The lowest BCUT2D eigenvalue weighted by Gasteiger charge is -2.15. The van der Waals surface area contributed by atoms with Gasteiger partial charge in [-0.25, -0.2) is 10.1 Å². The van der Waals surface area contributed by atoms with E-state index in [1.807, 2.05) is 38.1 Å². The van der Waals surface area contributed by atoms with Crippen molar-refractivity contribution in [2.75, 3.05) is 0 Å². The van der Waals surface area contributed by atoms with Crippen LogP contribution in [-0.4, -0.2) is 15.2 Å². The third kappa shape index (κ3) is 3.01. The zero-order valence-corrected chi connectivity index (χ0v) is 15.5. The largest absolute Gasteiger partial charge is 0.274 e. The molecule has 3 aromatic rings. The molecule has 2 heterocycles. The number of aromatic nitrogens is 3. The van der Waals surface area contributed by atoms with E-state index in [2.05, 4.69) is 29.0 Å². The molecule has 0 spiro atoms. The Bertz CT molecular complexity index is 942. The highest BCUT2D eigenvalue weighted by molar-refractivity contribution is 7.11. The van der Waals surface area contributed by atoms with Crippen LogP contribution in [0, 0.1) is 13.8 Å². The van der Waals surface area contributed by atoms with E-state index in [1.165, 1.54) is 0 Å². The summed E-state index contributed by atoms with van der Waals surface area (Å²) in [5.74, 6) is 0.159. The predicted molar refractivity (Wildman–Crippen MR) is 100.0 cm³/mol. The zero-order chi connectivity index (χ0) is 17.4. The molecule has 0 radical (unpaired) electrons. The van der Waals surface area contributed by atoms with Gasteiger partial charge in [-0.2, -0.15) is 5.10 Å². The molecular formula is C18H18ClN3OS. The van der Waals surface area contributed by atoms with Crippen molar-refractivity contribution in [1.82, 2.24) is 15.2 Å². The van der Waals surface area contributed by atoms with Crippen LogP contribution >= 0.6 is 22.9 Å². The number of aryl methyl sites for hydroxylation is 2. The molecule has 1 aromatic carbocycles. The number of thiazole rings is 1. The van der Waals surface area contributed by atoms with Gasteiger partial charge in [0.15, 0.2) is 0 Å². The van der Waals surface area contributed by atoms with Crippen molar-refractivity contribution in [2.24, 2.45) is 0 Å². The van der Waals surface area contributed by atoms with Crippen molar-refractivity contribution in [1.29, 1.82) is 0 Å². The average Bonchev–Trinajstić information content (AvgIpc) is 2.85. The lowest BCUT2D eigenvalue weighted by molar-refractivity contribution is 0.781. The Balaban J connectivity index is 2.40. The second-order valence-corrected chi connectivity index (χ2v) is 7.83. The topological polar surface area (TPSA) is 58.6 Å². The Kier molecular flexibility index (Phi) is 4.56. The minimum Gasteiger partial charge on any atom is -0.267 e. The van der Waals surface area contributed by atoms with E-state index in [9.17, 15) is 4.79 Å². The van der Waals surface area contributed by atoms with E-state index in [0.717, 1.165) is 32.4 Å². The van der Waals surface area contributed by atoms with Gasteiger partial charge in [0, 0.05) is 15.5 Å². The van der Waals surface area contributed by atoms with Crippen LogP contribution in [0.15, 0.2) is 29.1 Å². The number of hydrogen-bond donors (Lipinski definition) is 1. The summed E-state index contributed by atoms with van der Waals surface area (Å²) in [6, 6.07) is 7.49. The van der Waals surface area contributed by atoms with Crippen LogP contribution in [0.2, 0.25) is 5.02 Å². The first kappa shape index (κ1) is 16.9. The van der Waals surface area contributed by atoms with Gasteiger partial charge in [-0.3, -0.25) is 4.79 Å². The van der Waals surface area contributed by atoms with Gasteiger partial charge in [-0.05, 0) is 37.5 Å². The molecule has 4 nitrogen and oxygen atoms in total. The van der Waals surface area contributed by atoms with Gasteiger partial charge in [0.05, 0.1) is 22.0 Å². The SMILES string of the molecule is Cc1nc(-c2c(-c3ccc(Cl)cc3)c(C(C)C)n[nH]c2=O)c(C)s1. The molecule has 0 saturated heterocycles. The maximum Gasteiger partial charge on any atom is 0.274 e. The molecule has 0 saturated carbocycles. The molecule has 24 heavy (non-hydrogen) atoms. The first-order chi connectivity index (χ1) is 11.4. The highest BCUT2D eigenvalue weighted by atomic mass is 35.5. The maximum absolute atomic E-state index is 12.6. The second kappa shape index (κ2) is 6.49. The van der Waals surface area contributed by atoms with Crippen molar-refractivity contribution in [3.63, 3.8) is 0 Å². The van der Waals surface area contributed by atoms with Gasteiger partial charge >= 0.3 is 0 Å². The molecule has 3 rings (SSSR count). The lowest BCUT2D eigenvalue weighted by Crippen LogP contribution is -2.16. The van der Waals surface area contributed by atoms with E-state index in [0.29, 0.717) is 10.6 Å². The Hall–Kier alpha value is -1.98. The Morgan fingerprint density at radius 2 is 1.79 bits per heavy atom. The van der Waals surface area contributed by atoms with Crippen molar-refractivity contribution >= 4 is 22.9 Å². The summed E-state index contributed by atoms with van der Waals surface area (Å²) in [5, 5.41) is 8.54. The molecule has 0 aliphatic carbocycles. The number of nitrogens with one attached hydrogen (secondary N) is 1. The molecule has 0 fully saturated rings.